The summed E-state index contributed by atoms with van der Waals surface area (Å²) >= 11 is 0. The molecule has 0 bridgehead atoms. The number of ether oxygens (including phenoxy) is 9. The van der Waals surface area contributed by atoms with Crippen LogP contribution in [-0.4, -0.2) is 274 Å². The van der Waals surface area contributed by atoms with Gasteiger partial charge in [-0.3, -0.25) is 4.79 Å². The minimum Gasteiger partial charge on any atom is -0.394 e. The molecule has 25 atom stereocenters. The molecule has 5 aliphatic heterocycles. The van der Waals surface area contributed by atoms with Gasteiger partial charge in [0.2, 0.25) is 5.91 Å². The lowest BCUT2D eigenvalue weighted by Gasteiger charge is -2.49. The molecule has 0 aromatic rings. The van der Waals surface area contributed by atoms with Crippen molar-refractivity contribution in [1.29, 1.82) is 0 Å². The van der Waals surface area contributed by atoms with Gasteiger partial charge < -0.3 is 130 Å². The molecule has 0 aromatic heterocycles. The van der Waals surface area contributed by atoms with Crippen molar-refractivity contribution >= 4 is 5.91 Å². The molecule has 5 saturated heterocycles. The number of hydrogen-bond acceptors (Lipinski definition) is 26. The van der Waals surface area contributed by atoms with Gasteiger partial charge in [-0.1, -0.05) is 0 Å². The summed E-state index contributed by atoms with van der Waals surface area (Å²) in [6.07, 6.45) is -43.7. The molecule has 27 nitrogen and oxygen atoms in total. The molecule has 5 rings (SSSR count). The van der Waals surface area contributed by atoms with Crippen LogP contribution in [0.5, 0.6) is 0 Å². The van der Waals surface area contributed by atoms with Gasteiger partial charge in [0.15, 0.2) is 31.5 Å². The van der Waals surface area contributed by atoms with E-state index in [4.69, 9.17) is 42.6 Å². The van der Waals surface area contributed by atoms with Gasteiger partial charge in [0.1, 0.15) is 122 Å². The van der Waals surface area contributed by atoms with Crippen LogP contribution in [0.25, 0.3) is 0 Å². The summed E-state index contributed by atoms with van der Waals surface area (Å²) in [4.78, 5) is 11.8. The van der Waals surface area contributed by atoms with Gasteiger partial charge in [0.05, 0.1) is 33.0 Å². The molecule has 5 heterocycles. The summed E-state index contributed by atoms with van der Waals surface area (Å²) < 4.78 is 49.7. The zero-order valence-corrected chi connectivity index (χ0v) is 31.2. The van der Waals surface area contributed by atoms with Gasteiger partial charge in [-0.15, -0.1) is 0 Å². The monoisotopic (exact) mass is 869 g/mol. The molecule has 0 radical (unpaired) electrons. The van der Waals surface area contributed by atoms with Crippen LogP contribution < -0.4 is 5.32 Å². The third-order valence-electron chi connectivity index (χ3n) is 10.7. The Kier molecular flexibility index (Phi) is 17.1. The van der Waals surface area contributed by atoms with Crippen LogP contribution in [0.15, 0.2) is 0 Å². The van der Waals surface area contributed by atoms with E-state index < -0.39 is 192 Å². The molecule has 17 N–H and O–H groups in total. The van der Waals surface area contributed by atoms with Crippen molar-refractivity contribution in [3.05, 3.63) is 0 Å². The summed E-state index contributed by atoms with van der Waals surface area (Å²) in [5.74, 6) is -0.697. The van der Waals surface area contributed by atoms with Gasteiger partial charge in [-0.05, 0) is 0 Å². The molecule has 0 aromatic carbocycles. The fraction of sp³-hybridized carbons (Fsp3) is 0.969. The highest BCUT2D eigenvalue weighted by Crippen LogP contribution is 2.35. The Hall–Kier alpha value is -1.53. The third kappa shape index (κ3) is 10.2. The zero-order valence-electron chi connectivity index (χ0n) is 31.2. The quantitative estimate of drug-likeness (QED) is 0.0770. The summed E-state index contributed by atoms with van der Waals surface area (Å²) in [6, 6.07) is -1.48. The molecule has 59 heavy (non-hydrogen) atoms. The van der Waals surface area contributed by atoms with Crippen LogP contribution in [0.2, 0.25) is 0 Å². The highest BCUT2D eigenvalue weighted by molar-refractivity contribution is 5.73. The van der Waals surface area contributed by atoms with Crippen molar-refractivity contribution in [1.82, 2.24) is 5.32 Å². The highest BCUT2D eigenvalue weighted by Gasteiger charge is 2.56. The SMILES string of the molecule is CC(=O)N[C@H]1[C@@H](O[C@H]2[C@H](O)[C@@H](O)[C@H](O[C@H]3[C@H](O)[C@@H](O)[C@H](O[C@H]4[C@H](O)[C@@H](O)[C@H](O[C@H]5[C@H](O)[C@@H](O)C(O)O[C@@H]5CO)O[C@@H]4CO)O[C@@H]3CO)O[C@@H]2CO)O[C@H](CO)[C@@H](O)[C@@H]1O. The third-order valence-corrected chi connectivity index (χ3v) is 10.7. The average molecular weight is 870 g/mol. The topological polar surface area (TPSA) is 436 Å². The van der Waals surface area contributed by atoms with E-state index in [-0.39, 0.29) is 0 Å². The smallest absolute Gasteiger partial charge is 0.217 e. The van der Waals surface area contributed by atoms with E-state index in [1.807, 2.05) is 0 Å². The second kappa shape index (κ2) is 20.8. The van der Waals surface area contributed by atoms with Crippen molar-refractivity contribution in [3.63, 3.8) is 0 Å². The van der Waals surface area contributed by atoms with Crippen LogP contribution in [0.4, 0.5) is 0 Å². The van der Waals surface area contributed by atoms with Crippen molar-refractivity contribution < 1.29 is 129 Å². The van der Waals surface area contributed by atoms with Crippen LogP contribution >= 0.6 is 0 Å². The Labute approximate surface area is 333 Å². The van der Waals surface area contributed by atoms with E-state index in [1.165, 1.54) is 0 Å². The Bertz CT molecular complexity index is 1320. The van der Waals surface area contributed by atoms with E-state index in [0.717, 1.165) is 6.92 Å². The first-order valence-corrected chi connectivity index (χ1v) is 18.6. The first-order chi connectivity index (χ1) is 27.9. The first kappa shape index (κ1) is 48.5. The summed E-state index contributed by atoms with van der Waals surface area (Å²) in [5, 5.41) is 169. The normalized spacial score (nSPS) is 51.0. The predicted molar refractivity (Wildman–Crippen MR) is 178 cm³/mol. The van der Waals surface area contributed by atoms with Crippen molar-refractivity contribution in [2.45, 2.75) is 160 Å². The Morgan fingerprint density at radius 2 is 0.712 bits per heavy atom. The predicted octanol–water partition coefficient (Wildman–Crippen LogP) is -11.8. The lowest BCUT2D eigenvalue weighted by Crippen LogP contribution is -2.68. The zero-order chi connectivity index (χ0) is 43.6. The van der Waals surface area contributed by atoms with Crippen LogP contribution in [-0.2, 0) is 47.4 Å². The van der Waals surface area contributed by atoms with Crippen molar-refractivity contribution in [2.75, 3.05) is 33.0 Å². The molecular weight excluding hydrogens is 814 g/mol. The van der Waals surface area contributed by atoms with Gasteiger partial charge in [0.25, 0.3) is 0 Å². The van der Waals surface area contributed by atoms with Crippen LogP contribution in [0, 0.1) is 0 Å². The molecule has 1 amide bonds. The molecule has 5 fully saturated rings. The van der Waals surface area contributed by atoms with Gasteiger partial charge in [-0.2, -0.15) is 0 Å². The van der Waals surface area contributed by atoms with Gasteiger partial charge in [0, 0.05) is 6.92 Å². The lowest BCUT2D eigenvalue weighted by atomic mass is 9.95. The second-order valence-corrected chi connectivity index (χ2v) is 14.7. The maximum absolute atomic E-state index is 11.8. The molecule has 344 valence electrons. The molecular formula is C32H55NO26. The van der Waals surface area contributed by atoms with Crippen LogP contribution in [0.3, 0.4) is 0 Å². The first-order valence-electron chi connectivity index (χ1n) is 18.6. The number of carbonyl (C=O) groups excluding carboxylic acids is 1. The summed E-state index contributed by atoms with van der Waals surface area (Å²) in [7, 11) is 0. The second-order valence-electron chi connectivity index (χ2n) is 14.7. The molecule has 5 aliphatic rings. The van der Waals surface area contributed by atoms with E-state index >= 15 is 0 Å². The Morgan fingerprint density at radius 1 is 0.407 bits per heavy atom. The maximum Gasteiger partial charge on any atom is 0.217 e. The van der Waals surface area contributed by atoms with E-state index in [0.29, 0.717) is 0 Å². The number of amides is 1. The van der Waals surface area contributed by atoms with Gasteiger partial charge >= 0.3 is 0 Å². The number of nitrogens with one attached hydrogen (secondary N) is 1. The number of aliphatic hydroxyl groups is 16. The summed E-state index contributed by atoms with van der Waals surface area (Å²) in [6.45, 7) is -3.45. The van der Waals surface area contributed by atoms with Crippen molar-refractivity contribution in [3.8, 4) is 0 Å². The van der Waals surface area contributed by atoms with Crippen LogP contribution in [0.1, 0.15) is 6.92 Å². The number of rotatable bonds is 14. The Morgan fingerprint density at radius 3 is 1.05 bits per heavy atom. The highest BCUT2D eigenvalue weighted by atomic mass is 16.8. The summed E-state index contributed by atoms with van der Waals surface area (Å²) in [5.41, 5.74) is 0. The standard InChI is InChI=1S/C32H55NO26/c1-7(39)33-13-15(41)14(40)8(2-34)52-29(13)56-25-10(4-36)53-31(21(47)17(25)43)58-27-12(6-38)55-32(23(49)19(27)45)59-26-11(5-37)54-30(22(48)18(26)44)57-24-9(3-35)51-28(50)20(46)16(24)42/h8-32,34-38,40-50H,2-6H2,1H3,(H,33,39)/t8-,9-,10-,11-,12-,13-,14-,15-,16-,17-,18-,19-,20-,21-,22-,23-,24-,25-,26-,27-,28?,29-,30+,31+,32+/m1/s1. The number of hydrogen-bond donors (Lipinski definition) is 17. The number of aliphatic hydroxyl groups excluding tert-OH is 16. The number of carbonyl (C=O) groups is 1. The fourth-order valence-corrected chi connectivity index (χ4v) is 7.44. The fourth-order valence-electron chi connectivity index (χ4n) is 7.44. The Balaban J connectivity index is 1.24. The minimum absolute atomic E-state index is 0.697. The van der Waals surface area contributed by atoms with E-state index in [2.05, 4.69) is 5.32 Å². The molecule has 0 saturated carbocycles. The molecule has 0 aliphatic carbocycles. The maximum atomic E-state index is 11.8. The van der Waals surface area contributed by atoms with E-state index in [1.54, 1.807) is 0 Å². The average Bonchev–Trinajstić information content (AvgIpc) is 3.21. The van der Waals surface area contributed by atoms with Crippen molar-refractivity contribution in [2.24, 2.45) is 0 Å². The largest absolute Gasteiger partial charge is 0.394 e. The lowest BCUT2D eigenvalue weighted by molar-refractivity contribution is -0.391. The molecule has 0 spiro atoms. The van der Waals surface area contributed by atoms with Gasteiger partial charge in [-0.25, -0.2) is 0 Å². The molecule has 27 heteroatoms. The minimum atomic E-state index is -2.13. The van der Waals surface area contributed by atoms with E-state index in [9.17, 15) is 86.5 Å². The molecule has 1 unspecified atom stereocenters.